The Bertz CT molecular complexity index is 445. The minimum atomic E-state index is -0.832. The number of hydrogen-bond donors (Lipinski definition) is 1. The van der Waals surface area contributed by atoms with Crippen LogP contribution >= 0.6 is 0 Å². The maximum Gasteiger partial charge on any atom is 0.330 e. The highest BCUT2D eigenvalue weighted by atomic mass is 16.6. The third kappa shape index (κ3) is 9.37. The quantitative estimate of drug-likeness (QED) is 0.440. The largest absolute Gasteiger partial charge is 0.458 e. The lowest BCUT2D eigenvalue weighted by molar-refractivity contribution is -0.160. The Morgan fingerprint density at radius 3 is 1.81 bits per heavy atom. The van der Waals surface area contributed by atoms with E-state index in [1.54, 1.807) is 0 Å². The Balaban J connectivity index is 4.66. The van der Waals surface area contributed by atoms with Crippen molar-refractivity contribution >= 4 is 11.9 Å². The summed E-state index contributed by atoms with van der Waals surface area (Å²) in [6.45, 7) is 15.9. The molecule has 0 aromatic carbocycles. The van der Waals surface area contributed by atoms with Crippen LogP contribution in [0.15, 0.2) is 11.6 Å². The van der Waals surface area contributed by atoms with E-state index >= 15 is 0 Å². The summed E-state index contributed by atoms with van der Waals surface area (Å²) >= 11 is 0. The number of hydrogen-bond acceptors (Lipinski definition) is 5. The Morgan fingerprint density at radius 2 is 1.42 bits per heavy atom. The molecule has 0 aromatic rings. The van der Waals surface area contributed by atoms with Crippen LogP contribution in [0, 0.1) is 29.6 Å². The van der Waals surface area contributed by atoms with Crippen molar-refractivity contribution in [3.63, 3.8) is 0 Å². The Kier molecular flexibility index (Phi) is 11.5. The van der Waals surface area contributed by atoms with Crippen molar-refractivity contribution in [3.05, 3.63) is 11.6 Å². The summed E-state index contributed by atoms with van der Waals surface area (Å²) < 4.78 is 10.5. The van der Waals surface area contributed by atoms with E-state index in [4.69, 9.17) is 9.47 Å². The van der Waals surface area contributed by atoms with Crippen molar-refractivity contribution in [1.82, 2.24) is 0 Å². The second kappa shape index (κ2) is 12.1. The first kappa shape index (κ1) is 24.6. The van der Waals surface area contributed by atoms with Gasteiger partial charge in [-0.3, -0.25) is 4.79 Å². The molecule has 0 unspecified atom stereocenters. The molecule has 0 fully saturated rings. The number of carbonyl (C=O) groups excluding carboxylic acids is 2. The Labute approximate surface area is 159 Å². The van der Waals surface area contributed by atoms with Crippen molar-refractivity contribution in [2.45, 2.75) is 67.9 Å². The van der Waals surface area contributed by atoms with Gasteiger partial charge in [-0.15, -0.1) is 0 Å². The van der Waals surface area contributed by atoms with Crippen molar-refractivity contribution in [3.8, 4) is 0 Å². The number of carbonyl (C=O) groups is 2. The van der Waals surface area contributed by atoms with Crippen LogP contribution < -0.4 is 0 Å². The minimum absolute atomic E-state index is 0.144. The molecule has 5 heteroatoms. The van der Waals surface area contributed by atoms with Crippen LogP contribution in [0.2, 0.25) is 0 Å². The van der Waals surface area contributed by atoms with Crippen LogP contribution in [-0.2, 0) is 19.1 Å². The van der Waals surface area contributed by atoms with Gasteiger partial charge in [-0.05, 0) is 29.6 Å². The summed E-state index contributed by atoms with van der Waals surface area (Å²) in [7, 11) is 0. The van der Waals surface area contributed by atoms with Gasteiger partial charge in [-0.2, -0.15) is 0 Å². The fourth-order valence-corrected chi connectivity index (χ4v) is 3.14. The molecule has 1 atom stereocenters. The molecule has 0 radical (unpaired) electrons. The maximum atomic E-state index is 12.1. The van der Waals surface area contributed by atoms with Gasteiger partial charge in [0, 0.05) is 12.5 Å². The first-order valence-corrected chi connectivity index (χ1v) is 9.68. The average molecular weight is 371 g/mol. The molecule has 1 N–H and O–H groups in total. The van der Waals surface area contributed by atoms with E-state index in [0.29, 0.717) is 18.3 Å². The average Bonchev–Trinajstić information content (AvgIpc) is 2.52. The minimum Gasteiger partial charge on any atom is -0.458 e. The first-order valence-electron chi connectivity index (χ1n) is 9.68. The number of allylic oxidation sites excluding steroid dienone is 1. The number of ether oxygens (including phenoxy) is 2. The van der Waals surface area contributed by atoms with E-state index in [0.717, 1.165) is 5.57 Å². The van der Waals surface area contributed by atoms with E-state index in [2.05, 4.69) is 27.7 Å². The predicted molar refractivity (Wildman–Crippen MR) is 103 cm³/mol. The van der Waals surface area contributed by atoms with Gasteiger partial charge in [-0.25, -0.2) is 4.79 Å². The third-order valence-electron chi connectivity index (χ3n) is 4.65. The summed E-state index contributed by atoms with van der Waals surface area (Å²) in [5, 5.41) is 9.41. The molecule has 0 aliphatic carbocycles. The zero-order valence-corrected chi connectivity index (χ0v) is 17.7. The summed E-state index contributed by atoms with van der Waals surface area (Å²) in [5.41, 5.74) is 1.00. The van der Waals surface area contributed by atoms with Crippen molar-refractivity contribution in [1.29, 1.82) is 0 Å². The number of rotatable bonds is 11. The predicted octanol–water partition coefficient (Wildman–Crippen LogP) is 3.99. The molecule has 0 saturated carbocycles. The molecule has 0 bridgehead atoms. The van der Waals surface area contributed by atoms with E-state index in [1.807, 2.05) is 27.7 Å². The molecule has 0 aliphatic rings. The number of esters is 2. The summed E-state index contributed by atoms with van der Waals surface area (Å²) in [6.07, 6.45) is 0.963. The summed E-state index contributed by atoms with van der Waals surface area (Å²) in [6, 6.07) is 0. The standard InChI is InChI=1S/C21H38O5/c1-13(2)18(14(3)4)9-20(23)25-12-17(11-22)26-21(24)10-19(15(5)6)16(7)8/h9,13-17,19,22H,10-12H2,1-8H3/t17-/m0/s1. The van der Waals surface area contributed by atoms with Gasteiger partial charge in [0.05, 0.1) is 6.61 Å². The van der Waals surface area contributed by atoms with Crippen molar-refractivity contribution in [2.24, 2.45) is 29.6 Å². The topological polar surface area (TPSA) is 72.8 Å². The molecular weight excluding hydrogens is 332 g/mol. The van der Waals surface area contributed by atoms with E-state index in [1.165, 1.54) is 6.08 Å². The van der Waals surface area contributed by atoms with Crippen LogP contribution in [0.25, 0.3) is 0 Å². The molecule has 0 aliphatic heterocycles. The van der Waals surface area contributed by atoms with Crippen LogP contribution in [0.3, 0.4) is 0 Å². The smallest absolute Gasteiger partial charge is 0.330 e. The highest BCUT2D eigenvalue weighted by Gasteiger charge is 2.24. The monoisotopic (exact) mass is 370 g/mol. The van der Waals surface area contributed by atoms with Gasteiger partial charge in [0.1, 0.15) is 6.61 Å². The number of aliphatic hydroxyl groups is 1. The summed E-state index contributed by atoms with van der Waals surface area (Å²) in [5.74, 6) is 0.599. The van der Waals surface area contributed by atoms with Gasteiger partial charge < -0.3 is 14.6 Å². The number of aliphatic hydroxyl groups excluding tert-OH is 1. The zero-order chi connectivity index (χ0) is 20.4. The molecule has 0 rings (SSSR count). The molecule has 0 spiro atoms. The Hall–Kier alpha value is -1.36. The maximum absolute atomic E-state index is 12.1. The second-order valence-corrected chi connectivity index (χ2v) is 8.23. The molecule has 0 saturated heterocycles. The third-order valence-corrected chi connectivity index (χ3v) is 4.65. The molecular formula is C21H38O5. The molecule has 26 heavy (non-hydrogen) atoms. The Morgan fingerprint density at radius 1 is 0.923 bits per heavy atom. The van der Waals surface area contributed by atoms with Gasteiger partial charge in [-0.1, -0.05) is 61.0 Å². The van der Waals surface area contributed by atoms with Crippen LogP contribution in [-0.4, -0.2) is 36.4 Å². The fraction of sp³-hybridized carbons (Fsp3) is 0.810. The first-order chi connectivity index (χ1) is 12.0. The summed E-state index contributed by atoms with van der Waals surface area (Å²) in [4.78, 5) is 24.2. The van der Waals surface area contributed by atoms with Crippen molar-refractivity contribution < 1.29 is 24.2 Å². The molecule has 0 aromatic heterocycles. The lowest BCUT2D eigenvalue weighted by Gasteiger charge is -2.25. The van der Waals surface area contributed by atoms with Gasteiger partial charge in [0.25, 0.3) is 0 Å². The molecule has 152 valence electrons. The highest BCUT2D eigenvalue weighted by molar-refractivity contribution is 5.83. The second-order valence-electron chi connectivity index (χ2n) is 8.23. The van der Waals surface area contributed by atoms with Crippen molar-refractivity contribution in [2.75, 3.05) is 13.2 Å². The van der Waals surface area contributed by atoms with E-state index < -0.39 is 12.1 Å². The molecule has 0 heterocycles. The van der Waals surface area contributed by atoms with Gasteiger partial charge in [0.2, 0.25) is 0 Å². The van der Waals surface area contributed by atoms with E-state index in [9.17, 15) is 14.7 Å². The van der Waals surface area contributed by atoms with Gasteiger partial charge in [0.15, 0.2) is 6.10 Å². The fourth-order valence-electron chi connectivity index (χ4n) is 3.14. The lowest BCUT2D eigenvalue weighted by Crippen LogP contribution is -2.30. The SMILES string of the molecule is CC(C)C(=CC(=O)OC[C@H](CO)OC(=O)CC(C(C)C)C(C)C)C(C)C. The zero-order valence-electron chi connectivity index (χ0n) is 17.7. The molecule has 0 amide bonds. The normalized spacial score (nSPS) is 12.8. The highest BCUT2D eigenvalue weighted by Crippen LogP contribution is 2.24. The van der Waals surface area contributed by atoms with Crippen LogP contribution in [0.4, 0.5) is 0 Å². The molecule has 5 nitrogen and oxygen atoms in total. The van der Waals surface area contributed by atoms with Crippen LogP contribution in [0.5, 0.6) is 0 Å². The lowest BCUT2D eigenvalue weighted by atomic mass is 9.83. The van der Waals surface area contributed by atoms with E-state index in [-0.39, 0.29) is 36.9 Å². The van der Waals surface area contributed by atoms with Gasteiger partial charge >= 0.3 is 11.9 Å². The van der Waals surface area contributed by atoms with Crippen LogP contribution in [0.1, 0.15) is 61.8 Å².